The maximum absolute atomic E-state index is 12.3. The number of thioether (sulfide) groups is 1. The van der Waals surface area contributed by atoms with Crippen molar-refractivity contribution in [2.75, 3.05) is 44.4 Å². The smallest absolute Gasteiger partial charge is 0.240 e. The van der Waals surface area contributed by atoms with E-state index in [1.807, 2.05) is 30.5 Å². The number of hydrogen-bond donors (Lipinski definition) is 2. The number of aliphatic hydroxyl groups is 1. The monoisotopic (exact) mass is 276 g/mol. The second kappa shape index (κ2) is 8.74. The molecule has 0 bridgehead atoms. The summed E-state index contributed by atoms with van der Waals surface area (Å²) in [6, 6.07) is 0.105. The van der Waals surface area contributed by atoms with Gasteiger partial charge in [0, 0.05) is 30.6 Å². The van der Waals surface area contributed by atoms with Crippen LogP contribution in [0.2, 0.25) is 0 Å². The molecule has 0 aromatic heterocycles. The van der Waals surface area contributed by atoms with Crippen molar-refractivity contribution in [3.8, 4) is 0 Å². The van der Waals surface area contributed by atoms with Crippen molar-refractivity contribution in [3.05, 3.63) is 0 Å². The minimum absolute atomic E-state index is 0.0243. The van der Waals surface area contributed by atoms with Crippen LogP contribution in [0.15, 0.2) is 0 Å². The highest BCUT2D eigenvalue weighted by molar-refractivity contribution is 7.99. The van der Waals surface area contributed by atoms with Crippen molar-refractivity contribution in [2.45, 2.75) is 25.9 Å². The first-order valence-electron chi connectivity index (χ1n) is 6.47. The Labute approximate surface area is 113 Å². The number of rotatable bonds is 7. The first-order chi connectivity index (χ1) is 8.66. The Balaban J connectivity index is 2.41. The molecule has 0 aromatic carbocycles. The van der Waals surface area contributed by atoms with Gasteiger partial charge in [-0.1, -0.05) is 0 Å². The number of amides is 1. The van der Waals surface area contributed by atoms with E-state index in [9.17, 15) is 4.79 Å². The molecular formula is C12H24N2O3S. The molecule has 1 heterocycles. The molecule has 5 nitrogen and oxygen atoms in total. The molecule has 0 aliphatic carbocycles. The summed E-state index contributed by atoms with van der Waals surface area (Å²) >= 11 is 1.82. The Bertz CT molecular complexity index is 245. The van der Waals surface area contributed by atoms with E-state index in [-0.39, 0.29) is 24.6 Å². The SMILES string of the molecule is CC(C)N(CCOCCO)C(=O)C1CSCCN1. The molecule has 0 spiro atoms. The van der Waals surface area contributed by atoms with Crippen LogP contribution in [-0.2, 0) is 9.53 Å². The highest BCUT2D eigenvalue weighted by Crippen LogP contribution is 2.11. The Morgan fingerprint density at radius 3 is 2.89 bits per heavy atom. The summed E-state index contributed by atoms with van der Waals surface area (Å²) in [6.45, 7) is 6.34. The van der Waals surface area contributed by atoms with Gasteiger partial charge in [0.25, 0.3) is 0 Å². The van der Waals surface area contributed by atoms with Gasteiger partial charge in [-0.2, -0.15) is 11.8 Å². The largest absolute Gasteiger partial charge is 0.394 e. The van der Waals surface area contributed by atoms with E-state index in [0.29, 0.717) is 19.8 Å². The zero-order valence-electron chi connectivity index (χ0n) is 11.2. The molecule has 0 radical (unpaired) electrons. The lowest BCUT2D eigenvalue weighted by Gasteiger charge is -2.32. The Morgan fingerprint density at radius 2 is 2.33 bits per heavy atom. The highest BCUT2D eigenvalue weighted by Gasteiger charge is 2.27. The maximum atomic E-state index is 12.3. The molecular weight excluding hydrogens is 252 g/mol. The standard InChI is InChI=1S/C12H24N2O3S/c1-10(2)14(4-6-17-7-5-15)12(16)11-9-18-8-3-13-11/h10-11,13,15H,3-9H2,1-2H3. The zero-order valence-corrected chi connectivity index (χ0v) is 12.0. The van der Waals surface area contributed by atoms with Gasteiger partial charge in [-0.3, -0.25) is 4.79 Å². The lowest BCUT2D eigenvalue weighted by atomic mass is 10.2. The number of hydrogen-bond acceptors (Lipinski definition) is 5. The van der Waals surface area contributed by atoms with Gasteiger partial charge in [0.05, 0.1) is 25.9 Å². The second-order valence-electron chi connectivity index (χ2n) is 4.54. The van der Waals surface area contributed by atoms with Gasteiger partial charge in [0.2, 0.25) is 5.91 Å². The van der Waals surface area contributed by atoms with Crippen LogP contribution in [0.1, 0.15) is 13.8 Å². The van der Waals surface area contributed by atoms with Crippen molar-refractivity contribution >= 4 is 17.7 Å². The first kappa shape index (κ1) is 15.8. The normalized spacial score (nSPS) is 20.1. The van der Waals surface area contributed by atoms with Crippen LogP contribution in [0.4, 0.5) is 0 Å². The summed E-state index contributed by atoms with van der Waals surface area (Å²) in [5.74, 6) is 2.08. The van der Waals surface area contributed by atoms with Crippen LogP contribution >= 0.6 is 11.8 Å². The summed E-state index contributed by atoms with van der Waals surface area (Å²) in [5, 5.41) is 11.9. The molecule has 6 heteroatoms. The third-order valence-corrected chi connectivity index (χ3v) is 3.90. The van der Waals surface area contributed by atoms with Gasteiger partial charge >= 0.3 is 0 Å². The van der Waals surface area contributed by atoms with E-state index in [2.05, 4.69) is 5.32 Å². The summed E-state index contributed by atoms with van der Waals surface area (Å²) in [7, 11) is 0. The molecule has 1 amide bonds. The van der Waals surface area contributed by atoms with Crippen LogP contribution < -0.4 is 5.32 Å². The van der Waals surface area contributed by atoms with E-state index in [1.54, 1.807) is 0 Å². The summed E-state index contributed by atoms with van der Waals surface area (Å²) in [5.41, 5.74) is 0. The fourth-order valence-corrected chi connectivity index (χ4v) is 2.80. The topological polar surface area (TPSA) is 61.8 Å². The molecule has 1 aliphatic heterocycles. The number of carbonyl (C=O) groups excluding carboxylic acids is 1. The zero-order chi connectivity index (χ0) is 13.4. The van der Waals surface area contributed by atoms with Gasteiger partial charge in [0.15, 0.2) is 0 Å². The van der Waals surface area contributed by atoms with Crippen molar-refractivity contribution in [1.29, 1.82) is 0 Å². The Kier molecular flexibility index (Phi) is 7.65. The van der Waals surface area contributed by atoms with Crippen LogP contribution in [0, 0.1) is 0 Å². The summed E-state index contributed by atoms with van der Waals surface area (Å²) in [6.07, 6.45) is 0. The van der Waals surface area contributed by atoms with Crippen LogP contribution in [0.5, 0.6) is 0 Å². The van der Waals surface area contributed by atoms with Crippen LogP contribution in [-0.4, -0.2) is 72.4 Å². The van der Waals surface area contributed by atoms with Gasteiger partial charge in [-0.15, -0.1) is 0 Å². The number of ether oxygens (including phenoxy) is 1. The number of nitrogens with zero attached hydrogens (tertiary/aromatic N) is 1. The molecule has 1 rings (SSSR count). The number of nitrogens with one attached hydrogen (secondary N) is 1. The maximum Gasteiger partial charge on any atom is 0.240 e. The molecule has 1 aliphatic rings. The van der Waals surface area contributed by atoms with E-state index in [1.165, 1.54) is 0 Å². The summed E-state index contributed by atoms with van der Waals surface area (Å²) in [4.78, 5) is 14.2. The average molecular weight is 276 g/mol. The number of carbonyl (C=O) groups is 1. The quantitative estimate of drug-likeness (QED) is 0.638. The third-order valence-electron chi connectivity index (χ3n) is 2.84. The van der Waals surface area contributed by atoms with E-state index < -0.39 is 0 Å². The minimum Gasteiger partial charge on any atom is -0.394 e. The van der Waals surface area contributed by atoms with Crippen molar-refractivity contribution in [2.24, 2.45) is 0 Å². The molecule has 1 fully saturated rings. The summed E-state index contributed by atoms with van der Waals surface area (Å²) < 4.78 is 5.23. The van der Waals surface area contributed by atoms with Crippen molar-refractivity contribution in [3.63, 3.8) is 0 Å². The molecule has 0 aromatic rings. The fraction of sp³-hybridized carbons (Fsp3) is 0.917. The van der Waals surface area contributed by atoms with Gasteiger partial charge in [0.1, 0.15) is 0 Å². The third kappa shape index (κ3) is 5.14. The average Bonchev–Trinajstić information content (AvgIpc) is 2.39. The molecule has 106 valence electrons. The second-order valence-corrected chi connectivity index (χ2v) is 5.69. The lowest BCUT2D eigenvalue weighted by Crippen LogP contribution is -2.53. The molecule has 18 heavy (non-hydrogen) atoms. The van der Waals surface area contributed by atoms with Gasteiger partial charge in [-0.25, -0.2) is 0 Å². The fourth-order valence-electron chi connectivity index (χ4n) is 1.88. The van der Waals surface area contributed by atoms with Gasteiger partial charge in [-0.05, 0) is 13.8 Å². The van der Waals surface area contributed by atoms with Crippen LogP contribution in [0.25, 0.3) is 0 Å². The van der Waals surface area contributed by atoms with Crippen LogP contribution in [0.3, 0.4) is 0 Å². The minimum atomic E-state index is -0.0657. The van der Waals surface area contributed by atoms with E-state index in [4.69, 9.17) is 9.84 Å². The first-order valence-corrected chi connectivity index (χ1v) is 7.62. The van der Waals surface area contributed by atoms with Gasteiger partial charge < -0.3 is 20.1 Å². The van der Waals surface area contributed by atoms with Crippen molar-refractivity contribution in [1.82, 2.24) is 10.2 Å². The van der Waals surface area contributed by atoms with E-state index >= 15 is 0 Å². The number of aliphatic hydroxyl groups excluding tert-OH is 1. The molecule has 1 atom stereocenters. The molecule has 2 N–H and O–H groups in total. The highest BCUT2D eigenvalue weighted by atomic mass is 32.2. The molecule has 0 saturated carbocycles. The van der Waals surface area contributed by atoms with E-state index in [0.717, 1.165) is 18.1 Å². The molecule has 1 unspecified atom stereocenters. The Hall–Kier alpha value is -0.300. The Morgan fingerprint density at radius 1 is 1.56 bits per heavy atom. The predicted octanol–water partition coefficient (Wildman–Crippen LogP) is -0.0627. The lowest BCUT2D eigenvalue weighted by molar-refractivity contribution is -0.135. The molecule has 1 saturated heterocycles. The predicted molar refractivity (Wildman–Crippen MR) is 73.9 cm³/mol. The van der Waals surface area contributed by atoms with Crippen molar-refractivity contribution < 1.29 is 14.6 Å².